The Balaban J connectivity index is 1.39. The Morgan fingerprint density at radius 1 is 0.970 bits per heavy atom. The normalized spacial score (nSPS) is 26.2. The van der Waals surface area contributed by atoms with Gasteiger partial charge in [0, 0.05) is 38.8 Å². The van der Waals surface area contributed by atoms with Crippen molar-refractivity contribution in [3.63, 3.8) is 0 Å². The van der Waals surface area contributed by atoms with E-state index >= 15 is 0 Å². The van der Waals surface area contributed by atoms with Crippen LogP contribution in [0.25, 0.3) is 0 Å². The minimum absolute atomic E-state index is 0.0278. The summed E-state index contributed by atoms with van der Waals surface area (Å²) < 4.78 is 11.9. The van der Waals surface area contributed by atoms with E-state index in [1.807, 2.05) is 58.3 Å². The Morgan fingerprint density at radius 3 is 2.39 bits per heavy atom. The number of carbonyl (C=O) groups is 2. The Kier molecular flexibility index (Phi) is 6.47. The van der Waals surface area contributed by atoms with E-state index in [1.165, 1.54) is 0 Å². The van der Waals surface area contributed by atoms with Crippen molar-refractivity contribution in [3.8, 4) is 0 Å². The molecule has 0 bridgehead atoms. The molecule has 1 spiro atoms. The average molecular weight is 449 g/mol. The van der Waals surface area contributed by atoms with Crippen LogP contribution in [-0.4, -0.2) is 73.2 Å². The second-order valence-corrected chi connectivity index (χ2v) is 9.44. The highest BCUT2D eigenvalue weighted by molar-refractivity contribution is 5.91. The number of likely N-dealkylation sites (tertiary alicyclic amines) is 1. The minimum Gasteiger partial charge on any atom is -0.381 e. The van der Waals surface area contributed by atoms with Gasteiger partial charge >= 0.3 is 0 Å². The molecule has 3 aliphatic heterocycles. The molecule has 3 saturated heterocycles. The third-order valence-corrected chi connectivity index (χ3v) is 7.33. The van der Waals surface area contributed by atoms with Gasteiger partial charge in [0.1, 0.15) is 0 Å². The van der Waals surface area contributed by atoms with E-state index in [9.17, 15) is 9.59 Å². The molecular weight excluding hydrogens is 416 g/mol. The van der Waals surface area contributed by atoms with Gasteiger partial charge < -0.3 is 19.3 Å². The number of rotatable bonds is 5. The van der Waals surface area contributed by atoms with Crippen LogP contribution in [-0.2, 0) is 25.5 Å². The van der Waals surface area contributed by atoms with Crippen LogP contribution in [0.1, 0.15) is 29.9 Å². The molecule has 0 radical (unpaired) electrons. The lowest BCUT2D eigenvalue weighted by molar-refractivity contribution is -0.167. The highest BCUT2D eigenvalue weighted by atomic mass is 16.5. The maximum Gasteiger partial charge on any atom is 0.257 e. The van der Waals surface area contributed by atoms with Crippen LogP contribution >= 0.6 is 0 Å². The van der Waals surface area contributed by atoms with Crippen LogP contribution < -0.4 is 0 Å². The lowest BCUT2D eigenvalue weighted by atomic mass is 9.83. The zero-order valence-electron chi connectivity index (χ0n) is 19.0. The molecule has 174 valence electrons. The van der Waals surface area contributed by atoms with Crippen molar-refractivity contribution in [1.82, 2.24) is 9.80 Å². The first-order valence-corrected chi connectivity index (χ1v) is 12.0. The third-order valence-electron chi connectivity index (χ3n) is 7.33. The van der Waals surface area contributed by atoms with Crippen molar-refractivity contribution >= 4 is 11.8 Å². The number of hydrogen-bond donors (Lipinski definition) is 0. The van der Waals surface area contributed by atoms with Gasteiger partial charge in [-0.3, -0.25) is 9.59 Å². The lowest BCUT2D eigenvalue weighted by Crippen LogP contribution is -2.59. The van der Waals surface area contributed by atoms with Gasteiger partial charge in [-0.1, -0.05) is 60.7 Å². The molecule has 0 N–H and O–H groups in total. The fourth-order valence-corrected chi connectivity index (χ4v) is 5.51. The molecule has 6 heteroatoms. The summed E-state index contributed by atoms with van der Waals surface area (Å²) in [5.41, 5.74) is 1.07. The van der Waals surface area contributed by atoms with E-state index in [-0.39, 0.29) is 17.7 Å². The molecule has 3 aliphatic rings. The quantitative estimate of drug-likeness (QED) is 0.706. The zero-order chi connectivity index (χ0) is 22.7. The number of morpholine rings is 1. The van der Waals surface area contributed by atoms with Crippen LogP contribution in [0.2, 0.25) is 0 Å². The molecule has 2 atom stereocenters. The summed E-state index contributed by atoms with van der Waals surface area (Å²) in [7, 11) is 0. The molecule has 2 amide bonds. The maximum atomic E-state index is 13.9. The van der Waals surface area contributed by atoms with E-state index in [4.69, 9.17) is 9.47 Å². The Bertz CT molecular complexity index is 961. The second kappa shape index (κ2) is 9.65. The van der Waals surface area contributed by atoms with Crippen LogP contribution in [0.3, 0.4) is 0 Å². The average Bonchev–Trinajstić information content (AvgIpc) is 3.11. The van der Waals surface area contributed by atoms with Crippen molar-refractivity contribution in [2.75, 3.05) is 46.0 Å². The van der Waals surface area contributed by atoms with Crippen molar-refractivity contribution in [2.45, 2.75) is 30.8 Å². The fourth-order valence-electron chi connectivity index (χ4n) is 5.51. The molecule has 5 rings (SSSR count). The van der Waals surface area contributed by atoms with Crippen molar-refractivity contribution in [2.24, 2.45) is 5.92 Å². The Morgan fingerprint density at radius 2 is 1.67 bits per heavy atom. The Labute approximate surface area is 195 Å². The first kappa shape index (κ1) is 22.1. The van der Waals surface area contributed by atoms with Crippen molar-refractivity contribution in [1.29, 1.82) is 0 Å². The standard InChI is InChI=1S/C27H32N2O4/c30-25(17-21-7-3-1-4-8-21)28-13-16-33-27(20-28)24(23-9-5-2-6-10-23)19-29(26(27)31)18-22-11-14-32-15-12-22/h1-10,22,24H,11-20H2/t24-,27-/m0/s1. The molecule has 0 aliphatic carbocycles. The Hall–Kier alpha value is -2.70. The summed E-state index contributed by atoms with van der Waals surface area (Å²) in [4.78, 5) is 30.9. The second-order valence-electron chi connectivity index (χ2n) is 9.44. The minimum atomic E-state index is -1.02. The predicted octanol–water partition coefficient (Wildman–Crippen LogP) is 2.88. The van der Waals surface area contributed by atoms with Crippen molar-refractivity contribution in [3.05, 3.63) is 71.8 Å². The van der Waals surface area contributed by atoms with Gasteiger partial charge in [0.25, 0.3) is 5.91 Å². The van der Waals surface area contributed by atoms with Gasteiger partial charge in [0.15, 0.2) is 5.60 Å². The topological polar surface area (TPSA) is 59.1 Å². The number of amides is 2. The molecule has 33 heavy (non-hydrogen) atoms. The number of nitrogens with zero attached hydrogens (tertiary/aromatic N) is 2. The summed E-state index contributed by atoms with van der Waals surface area (Å²) in [6.07, 6.45) is 2.30. The highest BCUT2D eigenvalue weighted by Gasteiger charge is 2.58. The summed E-state index contributed by atoms with van der Waals surface area (Å²) in [6, 6.07) is 19.9. The number of hydrogen-bond acceptors (Lipinski definition) is 4. The summed E-state index contributed by atoms with van der Waals surface area (Å²) in [5, 5.41) is 0. The first-order chi connectivity index (χ1) is 16.2. The molecule has 6 nitrogen and oxygen atoms in total. The largest absolute Gasteiger partial charge is 0.381 e. The van der Waals surface area contributed by atoms with Gasteiger partial charge in [-0.15, -0.1) is 0 Å². The van der Waals surface area contributed by atoms with E-state index in [2.05, 4.69) is 12.1 Å². The van der Waals surface area contributed by atoms with E-state index < -0.39 is 5.60 Å². The van der Waals surface area contributed by atoms with Gasteiger partial charge in [0.05, 0.1) is 19.6 Å². The summed E-state index contributed by atoms with van der Waals surface area (Å²) >= 11 is 0. The number of benzene rings is 2. The highest BCUT2D eigenvalue weighted by Crippen LogP contribution is 2.42. The van der Waals surface area contributed by atoms with Gasteiger partial charge in [0.2, 0.25) is 5.91 Å². The fraction of sp³-hybridized carbons (Fsp3) is 0.481. The van der Waals surface area contributed by atoms with Gasteiger partial charge in [-0.2, -0.15) is 0 Å². The van der Waals surface area contributed by atoms with Gasteiger partial charge in [-0.25, -0.2) is 0 Å². The van der Waals surface area contributed by atoms with Gasteiger partial charge in [-0.05, 0) is 29.9 Å². The number of carbonyl (C=O) groups excluding carboxylic acids is 2. The summed E-state index contributed by atoms with van der Waals surface area (Å²) in [6.45, 7) is 4.08. The van der Waals surface area contributed by atoms with Crippen LogP contribution in [0, 0.1) is 5.92 Å². The third kappa shape index (κ3) is 4.55. The molecule has 3 fully saturated rings. The summed E-state index contributed by atoms with van der Waals surface area (Å²) in [5.74, 6) is 0.429. The van der Waals surface area contributed by atoms with E-state index in [1.54, 1.807) is 0 Å². The molecule has 3 heterocycles. The molecule has 2 aromatic carbocycles. The smallest absolute Gasteiger partial charge is 0.257 e. The lowest BCUT2D eigenvalue weighted by Gasteiger charge is -2.42. The maximum absolute atomic E-state index is 13.9. The molecule has 0 unspecified atom stereocenters. The molecule has 0 aromatic heterocycles. The van der Waals surface area contributed by atoms with Crippen LogP contribution in [0.5, 0.6) is 0 Å². The predicted molar refractivity (Wildman–Crippen MR) is 125 cm³/mol. The molecule has 0 saturated carbocycles. The van der Waals surface area contributed by atoms with E-state index in [0.717, 1.165) is 43.7 Å². The SMILES string of the molecule is O=C(Cc1ccccc1)N1CCO[C@]2(C1)C(=O)N(CC1CCOCC1)C[C@H]2c1ccccc1. The zero-order valence-corrected chi connectivity index (χ0v) is 19.0. The molecule has 2 aromatic rings. The molecular formula is C27H32N2O4. The first-order valence-electron chi connectivity index (χ1n) is 12.0. The monoisotopic (exact) mass is 448 g/mol. The van der Waals surface area contributed by atoms with Crippen molar-refractivity contribution < 1.29 is 19.1 Å². The van der Waals surface area contributed by atoms with E-state index in [0.29, 0.717) is 38.6 Å². The van der Waals surface area contributed by atoms with Crippen LogP contribution in [0.4, 0.5) is 0 Å². The van der Waals surface area contributed by atoms with Crippen LogP contribution in [0.15, 0.2) is 60.7 Å². The number of ether oxygens (including phenoxy) is 2.